The van der Waals surface area contributed by atoms with Crippen molar-refractivity contribution in [2.75, 3.05) is 39.6 Å². The van der Waals surface area contributed by atoms with Gasteiger partial charge in [-0.3, -0.25) is 5.10 Å². The van der Waals surface area contributed by atoms with Crippen molar-refractivity contribution in [3.05, 3.63) is 30.6 Å². The summed E-state index contributed by atoms with van der Waals surface area (Å²) in [5, 5.41) is 9.93. The number of benzene rings is 1. The van der Waals surface area contributed by atoms with Crippen molar-refractivity contribution in [3.63, 3.8) is 0 Å². The molecule has 1 aromatic carbocycles. The van der Waals surface area contributed by atoms with E-state index in [-0.39, 0.29) is 0 Å². The van der Waals surface area contributed by atoms with Crippen LogP contribution in [0.5, 0.6) is 5.75 Å². The van der Waals surface area contributed by atoms with Crippen LogP contribution in [0.3, 0.4) is 0 Å². The van der Waals surface area contributed by atoms with Crippen molar-refractivity contribution in [1.82, 2.24) is 15.1 Å². The van der Waals surface area contributed by atoms with Gasteiger partial charge in [0.25, 0.3) is 0 Å². The third-order valence-corrected chi connectivity index (χ3v) is 2.88. The van der Waals surface area contributed by atoms with E-state index in [1.165, 1.54) is 0 Å². The molecule has 0 fully saturated rings. The Morgan fingerprint density at radius 2 is 2.16 bits per heavy atom. The number of nitrogens with zero attached hydrogens (tertiary/aromatic N) is 2. The monoisotopic (exact) mass is 260 g/mol. The fourth-order valence-electron chi connectivity index (χ4n) is 1.77. The lowest BCUT2D eigenvalue weighted by Crippen LogP contribution is -2.19. The largest absolute Gasteiger partial charge is 0.490 e. The van der Waals surface area contributed by atoms with E-state index in [4.69, 9.17) is 4.74 Å². The molecular weight excluding hydrogens is 240 g/mol. The van der Waals surface area contributed by atoms with Crippen LogP contribution in [0, 0.1) is 0 Å². The normalized spacial score (nSPS) is 10.7. The second kappa shape index (κ2) is 6.24. The van der Waals surface area contributed by atoms with Gasteiger partial charge in [-0.2, -0.15) is 5.10 Å². The van der Waals surface area contributed by atoms with E-state index in [0.717, 1.165) is 29.1 Å². The molecule has 1 heterocycles. The number of rotatable bonds is 6. The molecule has 1 aromatic heterocycles. The third kappa shape index (κ3) is 3.48. The molecule has 5 nitrogen and oxygen atoms in total. The van der Waals surface area contributed by atoms with Gasteiger partial charge in [-0.05, 0) is 31.8 Å². The van der Waals surface area contributed by atoms with Gasteiger partial charge >= 0.3 is 0 Å². The maximum Gasteiger partial charge on any atom is 0.143 e. The van der Waals surface area contributed by atoms with E-state index in [1.54, 1.807) is 6.20 Å². The van der Waals surface area contributed by atoms with Crippen LogP contribution in [0.4, 0.5) is 5.69 Å². The zero-order chi connectivity index (χ0) is 13.7. The van der Waals surface area contributed by atoms with Gasteiger partial charge in [-0.1, -0.05) is 6.07 Å². The van der Waals surface area contributed by atoms with Crippen molar-refractivity contribution in [2.45, 2.75) is 0 Å². The standard InChI is InChI=1S/C14H20N4O/c1-15-13-5-4-11(12-9-16-17-10-12)8-14(13)19-7-6-18(2)3/h4-5,8-10,15H,6-7H2,1-3H3,(H,16,17). The Labute approximate surface area is 113 Å². The van der Waals surface area contributed by atoms with Crippen LogP contribution in [-0.2, 0) is 0 Å². The fourth-order valence-corrected chi connectivity index (χ4v) is 1.77. The summed E-state index contributed by atoms with van der Waals surface area (Å²) in [5.74, 6) is 0.864. The SMILES string of the molecule is CNc1ccc(-c2cn[nH]c2)cc1OCCN(C)C. The number of aromatic amines is 1. The Balaban J connectivity index is 2.17. The average Bonchev–Trinajstić information content (AvgIpc) is 2.92. The number of aromatic nitrogens is 2. The number of likely N-dealkylation sites (N-methyl/N-ethyl adjacent to an activating group) is 1. The summed E-state index contributed by atoms with van der Waals surface area (Å²) in [5.41, 5.74) is 3.14. The molecule has 102 valence electrons. The van der Waals surface area contributed by atoms with Gasteiger partial charge in [0.1, 0.15) is 12.4 Å². The smallest absolute Gasteiger partial charge is 0.143 e. The van der Waals surface area contributed by atoms with Crippen molar-refractivity contribution in [2.24, 2.45) is 0 Å². The highest BCUT2D eigenvalue weighted by Gasteiger charge is 2.06. The van der Waals surface area contributed by atoms with E-state index < -0.39 is 0 Å². The van der Waals surface area contributed by atoms with Gasteiger partial charge < -0.3 is 15.0 Å². The second-order valence-corrected chi connectivity index (χ2v) is 4.60. The first-order chi connectivity index (χ1) is 9.20. The Bertz CT molecular complexity index is 508. The van der Waals surface area contributed by atoms with E-state index in [0.29, 0.717) is 6.61 Å². The predicted molar refractivity (Wildman–Crippen MR) is 77.6 cm³/mol. The number of ether oxygens (including phenoxy) is 1. The summed E-state index contributed by atoms with van der Waals surface area (Å²) in [6.07, 6.45) is 3.68. The minimum absolute atomic E-state index is 0.663. The fraction of sp³-hybridized carbons (Fsp3) is 0.357. The van der Waals surface area contributed by atoms with Crippen molar-refractivity contribution >= 4 is 5.69 Å². The summed E-state index contributed by atoms with van der Waals surface area (Å²) >= 11 is 0. The molecule has 0 unspecified atom stereocenters. The van der Waals surface area contributed by atoms with Crippen LogP contribution >= 0.6 is 0 Å². The number of hydrogen-bond donors (Lipinski definition) is 2. The molecule has 0 spiro atoms. The van der Waals surface area contributed by atoms with Crippen molar-refractivity contribution in [3.8, 4) is 16.9 Å². The quantitative estimate of drug-likeness (QED) is 0.834. The molecule has 0 radical (unpaired) electrons. The Morgan fingerprint density at radius 3 is 2.79 bits per heavy atom. The summed E-state index contributed by atoms with van der Waals surface area (Å²) in [6.45, 7) is 1.55. The number of H-pyrrole nitrogens is 1. The number of nitrogens with one attached hydrogen (secondary N) is 2. The van der Waals surface area contributed by atoms with E-state index in [2.05, 4.69) is 26.5 Å². The molecule has 19 heavy (non-hydrogen) atoms. The summed E-state index contributed by atoms with van der Waals surface area (Å²) < 4.78 is 5.84. The molecule has 2 rings (SSSR count). The molecular formula is C14H20N4O. The van der Waals surface area contributed by atoms with Crippen molar-refractivity contribution < 1.29 is 4.74 Å². The molecule has 0 aliphatic rings. The van der Waals surface area contributed by atoms with E-state index in [9.17, 15) is 0 Å². The second-order valence-electron chi connectivity index (χ2n) is 4.60. The van der Waals surface area contributed by atoms with Crippen LogP contribution in [0.1, 0.15) is 0 Å². The molecule has 0 atom stereocenters. The zero-order valence-corrected chi connectivity index (χ0v) is 11.6. The first-order valence-corrected chi connectivity index (χ1v) is 6.29. The molecule has 0 aliphatic carbocycles. The van der Waals surface area contributed by atoms with E-state index >= 15 is 0 Å². The number of hydrogen-bond acceptors (Lipinski definition) is 4. The van der Waals surface area contributed by atoms with E-state index in [1.807, 2.05) is 39.5 Å². The molecule has 2 N–H and O–H groups in total. The minimum atomic E-state index is 0.663. The van der Waals surface area contributed by atoms with Gasteiger partial charge in [0.05, 0.1) is 11.9 Å². The third-order valence-electron chi connectivity index (χ3n) is 2.88. The van der Waals surface area contributed by atoms with Crippen LogP contribution in [-0.4, -0.2) is 49.4 Å². The minimum Gasteiger partial charge on any atom is -0.490 e. The molecule has 2 aromatic rings. The first-order valence-electron chi connectivity index (χ1n) is 6.29. The van der Waals surface area contributed by atoms with Crippen molar-refractivity contribution in [1.29, 1.82) is 0 Å². The molecule has 0 bridgehead atoms. The van der Waals surface area contributed by atoms with Gasteiger partial charge in [-0.15, -0.1) is 0 Å². The highest BCUT2D eigenvalue weighted by molar-refractivity contribution is 5.69. The molecule has 0 aliphatic heterocycles. The topological polar surface area (TPSA) is 53.2 Å². The van der Waals surface area contributed by atoms with Crippen LogP contribution in [0.25, 0.3) is 11.1 Å². The van der Waals surface area contributed by atoms with Gasteiger partial charge in [0, 0.05) is 25.4 Å². The molecule has 0 saturated heterocycles. The maximum absolute atomic E-state index is 5.84. The average molecular weight is 260 g/mol. The van der Waals surface area contributed by atoms with Crippen LogP contribution in [0.2, 0.25) is 0 Å². The first kappa shape index (κ1) is 13.4. The molecule has 0 saturated carbocycles. The summed E-state index contributed by atoms with van der Waals surface area (Å²) in [6, 6.07) is 6.11. The summed E-state index contributed by atoms with van der Waals surface area (Å²) in [7, 11) is 5.96. The van der Waals surface area contributed by atoms with Crippen LogP contribution in [0.15, 0.2) is 30.6 Å². The zero-order valence-electron chi connectivity index (χ0n) is 11.6. The summed E-state index contributed by atoms with van der Waals surface area (Å²) in [4.78, 5) is 2.10. The van der Waals surface area contributed by atoms with Crippen LogP contribution < -0.4 is 10.1 Å². The highest BCUT2D eigenvalue weighted by atomic mass is 16.5. The lowest BCUT2D eigenvalue weighted by Gasteiger charge is -2.14. The molecule has 5 heteroatoms. The Hall–Kier alpha value is -2.01. The Kier molecular flexibility index (Phi) is 4.41. The Morgan fingerprint density at radius 1 is 1.32 bits per heavy atom. The highest BCUT2D eigenvalue weighted by Crippen LogP contribution is 2.30. The number of anilines is 1. The lowest BCUT2D eigenvalue weighted by molar-refractivity contribution is 0.262. The van der Waals surface area contributed by atoms with Gasteiger partial charge in [0.15, 0.2) is 0 Å². The van der Waals surface area contributed by atoms with Gasteiger partial charge in [-0.25, -0.2) is 0 Å². The maximum atomic E-state index is 5.84. The lowest BCUT2D eigenvalue weighted by atomic mass is 10.1. The van der Waals surface area contributed by atoms with Gasteiger partial charge in [0.2, 0.25) is 0 Å². The molecule has 0 amide bonds. The predicted octanol–water partition coefficient (Wildman–Crippen LogP) is 2.06.